The molecule has 0 saturated heterocycles. The van der Waals surface area contributed by atoms with Gasteiger partial charge < -0.3 is 9.47 Å². The topological polar surface area (TPSA) is 38.1 Å². The Kier molecular flexibility index (Phi) is 4.39. The summed E-state index contributed by atoms with van der Waals surface area (Å²) in [6, 6.07) is 1.21. The first-order chi connectivity index (χ1) is 10.6. The standard InChI is InChI=1S/C14H12F5N3O/c1-21(2)4-3-11(23)13-20-12-9(16)5-8(15)6-10(12)22(13)7-14(17,18)19/h3-6H,7H2,1-2H3/b4-3+. The minimum Gasteiger partial charge on any atom is -0.383 e. The summed E-state index contributed by atoms with van der Waals surface area (Å²) < 4.78 is 65.7. The summed E-state index contributed by atoms with van der Waals surface area (Å²) in [6.07, 6.45) is -2.37. The van der Waals surface area contributed by atoms with Crippen molar-refractivity contribution in [2.45, 2.75) is 12.7 Å². The van der Waals surface area contributed by atoms with Crippen molar-refractivity contribution in [2.24, 2.45) is 0 Å². The molecule has 0 fully saturated rings. The highest BCUT2D eigenvalue weighted by molar-refractivity contribution is 6.04. The van der Waals surface area contributed by atoms with Gasteiger partial charge in [0, 0.05) is 32.4 Å². The van der Waals surface area contributed by atoms with E-state index >= 15 is 0 Å². The summed E-state index contributed by atoms with van der Waals surface area (Å²) in [7, 11) is 3.22. The molecule has 4 nitrogen and oxygen atoms in total. The number of carbonyl (C=O) groups is 1. The summed E-state index contributed by atoms with van der Waals surface area (Å²) in [4.78, 5) is 17.2. The number of alkyl halides is 3. The number of hydrogen-bond donors (Lipinski definition) is 0. The number of fused-ring (bicyclic) bond motifs is 1. The Morgan fingerprint density at radius 3 is 2.52 bits per heavy atom. The van der Waals surface area contributed by atoms with Crippen LogP contribution in [0.5, 0.6) is 0 Å². The van der Waals surface area contributed by atoms with E-state index in [-0.39, 0.29) is 0 Å². The Morgan fingerprint density at radius 1 is 1.30 bits per heavy atom. The number of halogens is 5. The third kappa shape index (κ3) is 3.85. The van der Waals surface area contributed by atoms with Gasteiger partial charge in [-0.15, -0.1) is 0 Å². The van der Waals surface area contributed by atoms with Gasteiger partial charge in [-0.1, -0.05) is 0 Å². The molecule has 124 valence electrons. The van der Waals surface area contributed by atoms with Gasteiger partial charge in [0.2, 0.25) is 5.78 Å². The van der Waals surface area contributed by atoms with E-state index in [4.69, 9.17) is 0 Å². The number of imidazole rings is 1. The molecule has 0 atom stereocenters. The lowest BCUT2D eigenvalue weighted by Gasteiger charge is -2.11. The number of allylic oxidation sites excluding steroid dienone is 1. The molecule has 0 aliphatic rings. The molecule has 1 aromatic heterocycles. The Hall–Kier alpha value is -2.45. The maximum Gasteiger partial charge on any atom is 0.406 e. The number of hydrogen-bond acceptors (Lipinski definition) is 3. The zero-order chi connectivity index (χ0) is 17.4. The van der Waals surface area contributed by atoms with Gasteiger partial charge in [0.1, 0.15) is 17.9 Å². The minimum absolute atomic E-state index is 0.429. The van der Waals surface area contributed by atoms with Gasteiger partial charge in [-0.3, -0.25) is 4.79 Å². The van der Waals surface area contributed by atoms with E-state index in [1.807, 2.05) is 0 Å². The van der Waals surface area contributed by atoms with Gasteiger partial charge in [0.05, 0.1) is 5.52 Å². The lowest BCUT2D eigenvalue weighted by Crippen LogP contribution is -2.21. The third-order valence-electron chi connectivity index (χ3n) is 2.85. The first-order valence-electron chi connectivity index (χ1n) is 6.39. The van der Waals surface area contributed by atoms with Crippen molar-refractivity contribution in [3.05, 3.63) is 41.9 Å². The van der Waals surface area contributed by atoms with E-state index in [9.17, 15) is 26.7 Å². The Balaban J connectivity index is 2.65. The fourth-order valence-electron chi connectivity index (χ4n) is 1.97. The van der Waals surface area contributed by atoms with Crippen LogP contribution in [0.3, 0.4) is 0 Å². The fourth-order valence-corrected chi connectivity index (χ4v) is 1.97. The molecule has 0 aliphatic carbocycles. The molecule has 0 saturated carbocycles. The minimum atomic E-state index is -4.68. The first-order valence-corrected chi connectivity index (χ1v) is 6.39. The number of nitrogens with zero attached hydrogens (tertiary/aromatic N) is 3. The molecule has 0 N–H and O–H groups in total. The van der Waals surface area contributed by atoms with Crippen molar-refractivity contribution >= 4 is 16.8 Å². The average molecular weight is 333 g/mol. The second-order valence-corrected chi connectivity index (χ2v) is 5.04. The number of benzene rings is 1. The Morgan fingerprint density at radius 2 is 1.96 bits per heavy atom. The molecule has 0 radical (unpaired) electrons. The summed E-state index contributed by atoms with van der Waals surface area (Å²) in [5, 5.41) is 0. The van der Waals surface area contributed by atoms with Crippen LogP contribution >= 0.6 is 0 Å². The molecule has 0 spiro atoms. The molecule has 0 bridgehead atoms. The molecule has 0 amide bonds. The lowest BCUT2D eigenvalue weighted by atomic mass is 10.3. The van der Waals surface area contributed by atoms with Crippen LogP contribution in [-0.2, 0) is 6.54 Å². The van der Waals surface area contributed by atoms with Crippen LogP contribution in [0.1, 0.15) is 10.6 Å². The Bertz CT molecular complexity index is 777. The highest BCUT2D eigenvalue weighted by atomic mass is 19.4. The zero-order valence-corrected chi connectivity index (χ0v) is 12.2. The van der Waals surface area contributed by atoms with Crippen LogP contribution in [-0.4, -0.2) is 40.5 Å². The van der Waals surface area contributed by atoms with Gasteiger partial charge in [0.25, 0.3) is 0 Å². The van der Waals surface area contributed by atoms with Crippen LogP contribution in [0.4, 0.5) is 22.0 Å². The number of carbonyl (C=O) groups excluding carboxylic acids is 1. The molecular weight excluding hydrogens is 321 g/mol. The second kappa shape index (κ2) is 5.98. The maximum absolute atomic E-state index is 13.7. The smallest absolute Gasteiger partial charge is 0.383 e. The largest absolute Gasteiger partial charge is 0.406 e. The highest BCUT2D eigenvalue weighted by Gasteiger charge is 2.32. The predicted molar refractivity (Wildman–Crippen MR) is 72.9 cm³/mol. The molecule has 23 heavy (non-hydrogen) atoms. The fraction of sp³-hybridized carbons (Fsp3) is 0.286. The van der Waals surface area contributed by atoms with Crippen LogP contribution in [0.25, 0.3) is 11.0 Å². The highest BCUT2D eigenvalue weighted by Crippen LogP contribution is 2.26. The number of rotatable bonds is 4. The van der Waals surface area contributed by atoms with Gasteiger partial charge >= 0.3 is 6.18 Å². The summed E-state index contributed by atoms with van der Waals surface area (Å²) in [6.45, 7) is -1.58. The third-order valence-corrected chi connectivity index (χ3v) is 2.85. The van der Waals surface area contributed by atoms with Crippen molar-refractivity contribution in [1.82, 2.24) is 14.5 Å². The molecule has 9 heteroatoms. The first kappa shape index (κ1) is 16.9. The van der Waals surface area contributed by atoms with Crippen LogP contribution in [0.15, 0.2) is 24.4 Å². The van der Waals surface area contributed by atoms with Crippen molar-refractivity contribution in [2.75, 3.05) is 14.1 Å². The van der Waals surface area contributed by atoms with Gasteiger partial charge in [-0.05, 0) is 6.07 Å². The molecule has 0 aliphatic heterocycles. The van der Waals surface area contributed by atoms with Crippen molar-refractivity contribution < 1.29 is 26.7 Å². The van der Waals surface area contributed by atoms with Gasteiger partial charge in [-0.2, -0.15) is 13.2 Å². The van der Waals surface area contributed by atoms with Gasteiger partial charge in [-0.25, -0.2) is 13.8 Å². The monoisotopic (exact) mass is 333 g/mol. The van der Waals surface area contributed by atoms with Crippen molar-refractivity contribution in [1.29, 1.82) is 0 Å². The zero-order valence-electron chi connectivity index (χ0n) is 12.2. The molecule has 1 heterocycles. The van der Waals surface area contributed by atoms with Gasteiger partial charge in [0.15, 0.2) is 11.6 Å². The predicted octanol–water partition coefficient (Wildman–Crippen LogP) is 3.13. The van der Waals surface area contributed by atoms with E-state index in [1.165, 1.54) is 11.1 Å². The average Bonchev–Trinajstić information content (AvgIpc) is 2.73. The SMILES string of the molecule is CN(C)/C=C/C(=O)c1nc2c(F)cc(F)cc2n1CC(F)(F)F. The maximum atomic E-state index is 13.7. The van der Waals surface area contributed by atoms with Crippen LogP contribution < -0.4 is 0 Å². The van der Waals surface area contributed by atoms with Crippen molar-refractivity contribution in [3.8, 4) is 0 Å². The summed E-state index contributed by atoms with van der Waals surface area (Å²) >= 11 is 0. The second-order valence-electron chi connectivity index (χ2n) is 5.04. The number of aromatic nitrogens is 2. The van der Waals surface area contributed by atoms with E-state index in [0.29, 0.717) is 16.7 Å². The van der Waals surface area contributed by atoms with Crippen LogP contribution in [0, 0.1) is 11.6 Å². The van der Waals surface area contributed by atoms with E-state index < -0.39 is 47.0 Å². The lowest BCUT2D eigenvalue weighted by molar-refractivity contribution is -0.140. The summed E-state index contributed by atoms with van der Waals surface area (Å²) in [5.74, 6) is -3.65. The normalized spacial score (nSPS) is 12.3. The van der Waals surface area contributed by atoms with Crippen molar-refractivity contribution in [3.63, 3.8) is 0 Å². The van der Waals surface area contributed by atoms with E-state index in [0.717, 1.165) is 6.08 Å². The summed E-state index contributed by atoms with van der Waals surface area (Å²) in [5.41, 5.74) is -0.918. The van der Waals surface area contributed by atoms with E-state index in [1.54, 1.807) is 14.1 Å². The Labute approximate surface area is 127 Å². The quantitative estimate of drug-likeness (QED) is 0.490. The molecule has 2 aromatic rings. The molecular formula is C14H12F5N3O. The number of ketones is 1. The molecule has 0 unspecified atom stereocenters. The molecule has 1 aromatic carbocycles. The van der Waals surface area contributed by atoms with Crippen LogP contribution in [0.2, 0.25) is 0 Å². The molecule has 2 rings (SSSR count). The van der Waals surface area contributed by atoms with E-state index in [2.05, 4.69) is 4.98 Å².